The average Bonchev–Trinajstić information content (AvgIpc) is 3.52. The zero-order chi connectivity index (χ0) is 53.3. The molecule has 76 heavy (non-hydrogen) atoms. The summed E-state index contributed by atoms with van der Waals surface area (Å²) in [6.45, 7) is 5.39. The second kappa shape index (κ2) is 28.9. The Morgan fingerprint density at radius 2 is 0.592 bits per heavy atom. The van der Waals surface area contributed by atoms with Gasteiger partial charge in [0.2, 0.25) is 0 Å². The van der Waals surface area contributed by atoms with E-state index < -0.39 is 0 Å². The predicted molar refractivity (Wildman–Crippen MR) is 327 cm³/mol. The third-order valence-corrected chi connectivity index (χ3v) is 13.2. The highest BCUT2D eigenvalue weighted by Crippen LogP contribution is 2.40. The Morgan fingerprint density at radius 3 is 0.961 bits per heavy atom. The van der Waals surface area contributed by atoms with Crippen LogP contribution in [0.4, 0.5) is 5.69 Å². The smallest absolute Gasteiger partial charge is 0.0393 e. The van der Waals surface area contributed by atoms with Gasteiger partial charge in [-0.2, -0.15) is 0 Å². The monoisotopic (exact) mass is 989 g/mol. The molecule has 11 rings (SSSR count). The molecule has 4 heteroatoms. The van der Waals surface area contributed by atoms with Crippen LogP contribution in [0, 0.1) is 5.41 Å². The van der Waals surface area contributed by atoms with Gasteiger partial charge in [-0.1, -0.05) is 292 Å². The van der Waals surface area contributed by atoms with Crippen molar-refractivity contribution < 1.29 is 0 Å². The molecule has 1 atom stereocenters. The number of nitrogens with two attached hydrogens (primary N) is 3. The van der Waals surface area contributed by atoms with Crippen LogP contribution in [0.3, 0.4) is 0 Å². The van der Waals surface area contributed by atoms with Crippen LogP contribution in [-0.2, 0) is 13.0 Å². The van der Waals surface area contributed by atoms with E-state index >= 15 is 0 Å². The van der Waals surface area contributed by atoms with Crippen molar-refractivity contribution in [3.8, 4) is 66.8 Å². The number of rotatable bonds is 11. The zero-order valence-electron chi connectivity index (χ0n) is 43.6. The first-order chi connectivity index (χ1) is 37.5. The quantitative estimate of drug-likeness (QED) is 0.0767. The molecule has 0 radical (unpaired) electrons. The van der Waals surface area contributed by atoms with Crippen molar-refractivity contribution in [3.63, 3.8) is 0 Å². The van der Waals surface area contributed by atoms with Crippen molar-refractivity contribution in [1.82, 2.24) is 0 Å². The van der Waals surface area contributed by atoms with Gasteiger partial charge in [0.05, 0.1) is 0 Å². The van der Waals surface area contributed by atoms with Gasteiger partial charge in [-0.25, -0.2) is 0 Å². The predicted octanol–water partition coefficient (Wildman–Crippen LogP) is 17.7. The maximum Gasteiger partial charge on any atom is 0.0393 e. The van der Waals surface area contributed by atoms with Crippen LogP contribution in [0.5, 0.6) is 0 Å². The normalized spacial score (nSPS) is 10.6. The molecule has 0 fully saturated rings. The Labute approximate surface area is 451 Å². The summed E-state index contributed by atoms with van der Waals surface area (Å²) in [6.07, 6.45) is 0.962. The highest BCUT2D eigenvalue weighted by atomic mass is 14.6. The second-order valence-corrected chi connectivity index (χ2v) is 18.0. The molecule has 0 aromatic heterocycles. The van der Waals surface area contributed by atoms with Crippen LogP contribution in [-0.4, -0.2) is 13.8 Å². The molecule has 0 aliphatic carbocycles. The third-order valence-electron chi connectivity index (χ3n) is 13.2. The summed E-state index contributed by atoms with van der Waals surface area (Å²) in [5.74, 6) is 0.257. The summed E-state index contributed by atoms with van der Waals surface area (Å²) in [6, 6.07) is 102. The Kier molecular flexibility index (Phi) is 20.8. The van der Waals surface area contributed by atoms with E-state index in [9.17, 15) is 0 Å². The lowest BCUT2D eigenvalue weighted by Crippen LogP contribution is -2.00. The lowest BCUT2D eigenvalue weighted by atomic mass is 9.84. The molecule has 376 valence electrons. The van der Waals surface area contributed by atoms with Gasteiger partial charge in [0.25, 0.3) is 0 Å². The van der Waals surface area contributed by atoms with E-state index in [4.69, 9.17) is 16.9 Å². The van der Waals surface area contributed by atoms with Crippen molar-refractivity contribution in [1.29, 1.82) is 5.41 Å². The Bertz CT molecular complexity index is 3310. The fourth-order valence-electron chi connectivity index (χ4n) is 9.18. The lowest BCUT2D eigenvalue weighted by molar-refractivity contribution is 0.925. The van der Waals surface area contributed by atoms with Gasteiger partial charge in [-0.15, -0.1) is 0 Å². The number of nitrogen functional groups attached to an aromatic ring is 1. The number of para-hydroxylation sites is 1. The summed E-state index contributed by atoms with van der Waals surface area (Å²) >= 11 is 0. The number of hydrogen-bond acceptors (Lipinski definition) is 4. The first-order valence-corrected chi connectivity index (χ1v) is 25.8. The molecule has 0 aliphatic heterocycles. The summed E-state index contributed by atoms with van der Waals surface area (Å²) in [7, 11) is 1.50. The van der Waals surface area contributed by atoms with E-state index in [0.29, 0.717) is 6.54 Å². The molecule has 0 bridgehead atoms. The summed E-state index contributed by atoms with van der Waals surface area (Å²) < 4.78 is 0. The number of hydrogen-bond donors (Lipinski definition) is 4. The first kappa shape index (κ1) is 54.6. The Balaban J connectivity index is 0.000000172. The van der Waals surface area contributed by atoms with Crippen molar-refractivity contribution >= 4 is 12.4 Å². The van der Waals surface area contributed by atoms with Crippen molar-refractivity contribution in [2.24, 2.45) is 11.5 Å². The highest BCUT2D eigenvalue weighted by Gasteiger charge is 2.17. The summed E-state index contributed by atoms with van der Waals surface area (Å²) in [4.78, 5) is 0. The molecule has 7 N–H and O–H groups in total. The molecule has 0 heterocycles. The molecule has 4 nitrogen and oxygen atoms in total. The van der Waals surface area contributed by atoms with Crippen LogP contribution in [0.1, 0.15) is 40.7 Å². The second-order valence-electron chi connectivity index (χ2n) is 18.0. The fraction of sp³-hybridized carbons (Fsp3) is 0.0694. The molecule has 11 aromatic rings. The van der Waals surface area contributed by atoms with Gasteiger partial charge in [0, 0.05) is 23.7 Å². The van der Waals surface area contributed by atoms with Gasteiger partial charge >= 0.3 is 0 Å². The van der Waals surface area contributed by atoms with E-state index in [1.807, 2.05) is 36.4 Å². The topological polar surface area (TPSA) is 102 Å². The van der Waals surface area contributed by atoms with Gasteiger partial charge in [-0.3, -0.25) is 0 Å². The number of nitrogens with one attached hydrogen (secondary N) is 1. The minimum atomic E-state index is 0.257. The maximum atomic E-state index is 6.35. The highest BCUT2D eigenvalue weighted by molar-refractivity contribution is 5.89. The van der Waals surface area contributed by atoms with Crippen molar-refractivity contribution in [2.45, 2.75) is 25.8 Å². The molecule has 0 amide bonds. The number of benzene rings is 11. The van der Waals surface area contributed by atoms with Gasteiger partial charge < -0.3 is 22.6 Å². The molecule has 0 saturated carbocycles. The van der Waals surface area contributed by atoms with E-state index in [1.165, 1.54) is 90.5 Å². The standard InChI is InChI=1S/C32H27N.C25H20.C13H13N.CH5N.CH3N/c1-23(24-19-21-26(22-20-24)25-11-3-2-4-12-25)27-13-5-6-14-28(27)29-15-7-8-16-30(29)31-17-9-10-18-32(31)33;1-3-7-22(8-4-1)24-15-11-20(12-16-24)19-21-13-17-25(18-14-21)23-9-5-2-6-10-23;14-10-11-6-8-13(9-7-11)12-4-2-1-3-5-12;2*1-2/h2-23H,33H2,1H3;1-18H,19H2;1-9H,10,14H2;2H2,1H3;2H,1H2. The molecule has 1 unspecified atom stereocenters. The molecule has 0 saturated heterocycles. The molecule has 11 aromatic carbocycles. The van der Waals surface area contributed by atoms with Gasteiger partial charge in [0.15, 0.2) is 0 Å². The Hall–Kier alpha value is -9.19. The van der Waals surface area contributed by atoms with Crippen LogP contribution in [0.15, 0.2) is 291 Å². The maximum absolute atomic E-state index is 6.35. The minimum Gasteiger partial charge on any atom is -0.398 e. The molecular formula is C72H68N4. The van der Waals surface area contributed by atoms with E-state index in [-0.39, 0.29) is 5.92 Å². The third kappa shape index (κ3) is 14.7. The minimum absolute atomic E-state index is 0.257. The van der Waals surface area contributed by atoms with Crippen LogP contribution >= 0.6 is 0 Å². The largest absolute Gasteiger partial charge is 0.398 e. The average molecular weight is 989 g/mol. The van der Waals surface area contributed by atoms with E-state index in [0.717, 1.165) is 23.2 Å². The summed E-state index contributed by atoms with van der Waals surface area (Å²) in [5.41, 5.74) is 38.4. The van der Waals surface area contributed by atoms with Gasteiger partial charge in [0.1, 0.15) is 0 Å². The van der Waals surface area contributed by atoms with E-state index in [1.54, 1.807) is 0 Å². The van der Waals surface area contributed by atoms with Gasteiger partial charge in [-0.05, 0) is 115 Å². The lowest BCUT2D eigenvalue weighted by Gasteiger charge is -2.20. The van der Waals surface area contributed by atoms with Crippen LogP contribution in [0.25, 0.3) is 66.8 Å². The first-order valence-electron chi connectivity index (χ1n) is 25.8. The molecule has 0 aliphatic rings. The Morgan fingerprint density at radius 1 is 0.316 bits per heavy atom. The van der Waals surface area contributed by atoms with Crippen LogP contribution in [0.2, 0.25) is 0 Å². The molecular weight excluding hydrogens is 921 g/mol. The zero-order valence-corrected chi connectivity index (χ0v) is 43.6. The van der Waals surface area contributed by atoms with Crippen molar-refractivity contribution in [2.75, 3.05) is 12.8 Å². The van der Waals surface area contributed by atoms with E-state index in [2.05, 4.69) is 274 Å². The van der Waals surface area contributed by atoms with Crippen molar-refractivity contribution in [3.05, 3.63) is 319 Å². The SMILES string of the molecule is C=N.CC(c1ccc(-c2ccccc2)cc1)c1ccccc1-c1ccccc1-c1ccccc1N.CN.NCc1ccc(-c2ccccc2)cc1.c1ccc(-c2ccc(Cc3ccc(-c4ccccc4)cc3)cc2)cc1. The summed E-state index contributed by atoms with van der Waals surface area (Å²) in [5, 5.41) is 5.50. The number of anilines is 1. The molecule has 0 spiro atoms. The fourth-order valence-corrected chi connectivity index (χ4v) is 9.18. The van der Waals surface area contributed by atoms with Crippen LogP contribution < -0.4 is 17.2 Å².